The molecule has 0 fully saturated rings. The fourth-order valence-electron chi connectivity index (χ4n) is 1.01. The van der Waals surface area contributed by atoms with Crippen LogP contribution in [0.25, 0.3) is 0 Å². The number of rotatable bonds is 3. The van der Waals surface area contributed by atoms with Crippen LogP contribution >= 0.6 is 15.9 Å². The van der Waals surface area contributed by atoms with E-state index in [0.717, 1.165) is 0 Å². The van der Waals surface area contributed by atoms with Gasteiger partial charge in [0.2, 0.25) is 0 Å². The molecule has 0 saturated heterocycles. The van der Waals surface area contributed by atoms with Crippen LogP contribution in [0.5, 0.6) is 0 Å². The van der Waals surface area contributed by atoms with Crippen LogP contribution < -0.4 is 5.73 Å². The Morgan fingerprint density at radius 3 is 2.79 bits per heavy atom. The quantitative estimate of drug-likeness (QED) is 0.868. The van der Waals surface area contributed by atoms with E-state index in [1.54, 1.807) is 6.07 Å². The minimum Gasteiger partial charge on any atom is -0.480 e. The van der Waals surface area contributed by atoms with Gasteiger partial charge in [0.1, 0.15) is 11.9 Å². The Balaban J connectivity index is 2.78. The van der Waals surface area contributed by atoms with Gasteiger partial charge in [-0.2, -0.15) is 0 Å². The largest absolute Gasteiger partial charge is 0.480 e. The SMILES string of the molecule is N[C@@H](Cc1ccc(Br)c(F)c1)C(=O)O. The van der Waals surface area contributed by atoms with Crippen molar-refractivity contribution in [2.75, 3.05) is 0 Å². The van der Waals surface area contributed by atoms with Gasteiger partial charge in [0.15, 0.2) is 0 Å². The third-order valence-electron chi connectivity index (χ3n) is 1.76. The molecule has 0 aliphatic carbocycles. The van der Waals surface area contributed by atoms with E-state index in [4.69, 9.17) is 10.8 Å². The van der Waals surface area contributed by atoms with Gasteiger partial charge in [0.25, 0.3) is 0 Å². The van der Waals surface area contributed by atoms with Gasteiger partial charge >= 0.3 is 5.97 Å². The van der Waals surface area contributed by atoms with Gasteiger partial charge in [-0.05, 0) is 40.0 Å². The van der Waals surface area contributed by atoms with Gasteiger partial charge in [0, 0.05) is 0 Å². The Bertz CT molecular complexity index is 357. The maximum atomic E-state index is 13.0. The molecule has 0 heterocycles. The molecule has 0 amide bonds. The second-order valence-corrected chi connectivity index (χ2v) is 3.75. The zero-order valence-electron chi connectivity index (χ0n) is 7.21. The number of carboxylic acids is 1. The van der Waals surface area contributed by atoms with E-state index in [2.05, 4.69) is 15.9 Å². The van der Waals surface area contributed by atoms with E-state index >= 15 is 0 Å². The standard InChI is InChI=1S/C9H9BrFNO2/c10-6-2-1-5(3-7(6)11)4-8(12)9(13)14/h1-3,8H,4,12H2,(H,13,14)/t8-/m0/s1. The molecular formula is C9H9BrFNO2. The number of carbonyl (C=O) groups is 1. The Labute approximate surface area is 88.9 Å². The summed E-state index contributed by atoms with van der Waals surface area (Å²) in [5.41, 5.74) is 5.87. The Morgan fingerprint density at radius 2 is 2.29 bits per heavy atom. The van der Waals surface area contributed by atoms with Crippen molar-refractivity contribution >= 4 is 21.9 Å². The van der Waals surface area contributed by atoms with Gasteiger partial charge in [-0.15, -0.1) is 0 Å². The summed E-state index contributed by atoms with van der Waals surface area (Å²) >= 11 is 3.00. The van der Waals surface area contributed by atoms with E-state index in [1.807, 2.05) is 0 Å². The summed E-state index contributed by atoms with van der Waals surface area (Å²) in [6.07, 6.45) is 0.125. The van der Waals surface area contributed by atoms with E-state index < -0.39 is 17.8 Å². The summed E-state index contributed by atoms with van der Waals surface area (Å²) < 4.78 is 13.3. The highest BCUT2D eigenvalue weighted by atomic mass is 79.9. The van der Waals surface area contributed by atoms with Crippen molar-refractivity contribution in [2.24, 2.45) is 5.73 Å². The normalized spacial score (nSPS) is 12.5. The topological polar surface area (TPSA) is 63.3 Å². The average molecular weight is 262 g/mol. The zero-order chi connectivity index (χ0) is 10.7. The highest BCUT2D eigenvalue weighted by Gasteiger charge is 2.12. The first kappa shape index (κ1) is 11.1. The molecule has 5 heteroatoms. The molecule has 0 aliphatic heterocycles. The maximum absolute atomic E-state index is 13.0. The zero-order valence-corrected chi connectivity index (χ0v) is 8.79. The molecule has 14 heavy (non-hydrogen) atoms. The van der Waals surface area contributed by atoms with Crippen molar-refractivity contribution in [1.82, 2.24) is 0 Å². The highest BCUT2D eigenvalue weighted by molar-refractivity contribution is 9.10. The fraction of sp³-hybridized carbons (Fsp3) is 0.222. The van der Waals surface area contributed by atoms with Crippen LogP contribution in [-0.4, -0.2) is 17.1 Å². The van der Waals surface area contributed by atoms with E-state index in [1.165, 1.54) is 12.1 Å². The maximum Gasteiger partial charge on any atom is 0.320 e. The van der Waals surface area contributed by atoms with Crippen LogP contribution in [0.4, 0.5) is 4.39 Å². The van der Waals surface area contributed by atoms with Crippen LogP contribution in [-0.2, 0) is 11.2 Å². The monoisotopic (exact) mass is 261 g/mol. The van der Waals surface area contributed by atoms with Gasteiger partial charge in [-0.1, -0.05) is 6.07 Å². The number of nitrogens with two attached hydrogens (primary N) is 1. The van der Waals surface area contributed by atoms with E-state index in [0.29, 0.717) is 10.0 Å². The molecule has 1 aromatic rings. The van der Waals surface area contributed by atoms with Crippen molar-refractivity contribution in [3.05, 3.63) is 34.1 Å². The molecule has 3 nitrogen and oxygen atoms in total. The van der Waals surface area contributed by atoms with Crippen LogP contribution in [0.15, 0.2) is 22.7 Å². The van der Waals surface area contributed by atoms with Crippen molar-refractivity contribution in [3.8, 4) is 0 Å². The number of hydrogen-bond donors (Lipinski definition) is 2. The minimum atomic E-state index is -1.09. The van der Waals surface area contributed by atoms with Crippen molar-refractivity contribution in [1.29, 1.82) is 0 Å². The van der Waals surface area contributed by atoms with Crippen LogP contribution in [0, 0.1) is 5.82 Å². The lowest BCUT2D eigenvalue weighted by molar-refractivity contribution is -0.138. The summed E-state index contributed by atoms with van der Waals surface area (Å²) in [7, 11) is 0. The molecule has 1 atom stereocenters. The molecule has 0 saturated carbocycles. The second kappa shape index (κ2) is 4.52. The molecule has 3 N–H and O–H groups in total. The molecule has 0 bridgehead atoms. The first-order valence-electron chi connectivity index (χ1n) is 3.93. The number of halogens is 2. The Hall–Kier alpha value is -0.940. The van der Waals surface area contributed by atoms with Crippen LogP contribution in [0.3, 0.4) is 0 Å². The minimum absolute atomic E-state index is 0.125. The third-order valence-corrected chi connectivity index (χ3v) is 2.40. The molecule has 0 aliphatic rings. The first-order valence-corrected chi connectivity index (χ1v) is 4.72. The number of hydrogen-bond acceptors (Lipinski definition) is 2. The number of benzene rings is 1. The van der Waals surface area contributed by atoms with Crippen molar-refractivity contribution < 1.29 is 14.3 Å². The van der Waals surface area contributed by atoms with Crippen LogP contribution in [0.2, 0.25) is 0 Å². The lowest BCUT2D eigenvalue weighted by atomic mass is 10.1. The molecule has 0 unspecified atom stereocenters. The smallest absolute Gasteiger partial charge is 0.320 e. The molecule has 76 valence electrons. The van der Waals surface area contributed by atoms with E-state index in [-0.39, 0.29) is 6.42 Å². The predicted molar refractivity (Wildman–Crippen MR) is 53.4 cm³/mol. The first-order chi connectivity index (χ1) is 6.50. The van der Waals surface area contributed by atoms with Crippen LogP contribution in [0.1, 0.15) is 5.56 Å². The van der Waals surface area contributed by atoms with E-state index in [9.17, 15) is 9.18 Å². The molecule has 0 radical (unpaired) electrons. The summed E-state index contributed by atoms with van der Waals surface area (Å²) in [4.78, 5) is 10.4. The summed E-state index contributed by atoms with van der Waals surface area (Å²) in [6, 6.07) is 3.44. The molecular weight excluding hydrogens is 253 g/mol. The highest BCUT2D eigenvalue weighted by Crippen LogP contribution is 2.16. The lowest BCUT2D eigenvalue weighted by Gasteiger charge is -2.06. The fourth-order valence-corrected chi connectivity index (χ4v) is 1.25. The lowest BCUT2D eigenvalue weighted by Crippen LogP contribution is -2.32. The summed E-state index contributed by atoms with van der Waals surface area (Å²) in [5.74, 6) is -1.51. The van der Waals surface area contributed by atoms with Gasteiger partial charge in [0.05, 0.1) is 4.47 Å². The molecule has 0 aromatic heterocycles. The summed E-state index contributed by atoms with van der Waals surface area (Å²) in [6.45, 7) is 0. The van der Waals surface area contributed by atoms with Gasteiger partial charge < -0.3 is 10.8 Å². The number of aliphatic carboxylic acids is 1. The molecule has 1 rings (SSSR count). The summed E-state index contributed by atoms with van der Waals surface area (Å²) in [5, 5.41) is 8.54. The van der Waals surface area contributed by atoms with Crippen molar-refractivity contribution in [2.45, 2.75) is 12.5 Å². The second-order valence-electron chi connectivity index (χ2n) is 2.90. The molecule has 0 spiro atoms. The Kier molecular flexibility index (Phi) is 3.60. The number of carboxylic acid groups (broad SMARTS) is 1. The van der Waals surface area contributed by atoms with Crippen molar-refractivity contribution in [3.63, 3.8) is 0 Å². The Morgan fingerprint density at radius 1 is 1.64 bits per heavy atom. The van der Waals surface area contributed by atoms with Gasteiger partial charge in [-0.3, -0.25) is 4.79 Å². The molecule has 1 aromatic carbocycles. The van der Waals surface area contributed by atoms with Gasteiger partial charge in [-0.25, -0.2) is 4.39 Å². The average Bonchev–Trinajstić information content (AvgIpc) is 2.11. The third kappa shape index (κ3) is 2.78. The predicted octanol–water partition coefficient (Wildman–Crippen LogP) is 1.54.